The van der Waals surface area contributed by atoms with E-state index in [0.29, 0.717) is 6.10 Å². The van der Waals surface area contributed by atoms with E-state index in [4.69, 9.17) is 4.74 Å². The van der Waals surface area contributed by atoms with Crippen molar-refractivity contribution in [3.05, 3.63) is 0 Å². The molecule has 3 heteroatoms. The van der Waals surface area contributed by atoms with Crippen molar-refractivity contribution in [3.8, 4) is 0 Å². The molecule has 2 saturated heterocycles. The van der Waals surface area contributed by atoms with Crippen molar-refractivity contribution in [2.45, 2.75) is 43.6 Å². The first-order valence-corrected chi connectivity index (χ1v) is 4.19. The maximum atomic E-state index is 9.95. The molecule has 2 unspecified atom stereocenters. The number of rotatable bonds is 1. The molecule has 11 heavy (non-hydrogen) atoms. The van der Waals surface area contributed by atoms with Crippen molar-refractivity contribution >= 4 is 0 Å². The molecule has 3 rings (SSSR count). The minimum atomic E-state index is -0.663. The van der Waals surface area contributed by atoms with Crippen LogP contribution in [0.25, 0.3) is 0 Å². The van der Waals surface area contributed by atoms with Crippen LogP contribution < -0.4 is 5.32 Å². The topological polar surface area (TPSA) is 41.5 Å². The summed E-state index contributed by atoms with van der Waals surface area (Å²) in [5.74, 6) is 0. The third kappa shape index (κ3) is 0.916. The van der Waals surface area contributed by atoms with Crippen LogP contribution >= 0.6 is 0 Å². The standard InChI is InChI=1S/C8H15NO2/c1-8(10)6(9-2)3-5-4-7(8)11-5/h5-7,9-10H,3-4H2,1-2H3/t5-,6?,7-,8?/m1/s1. The second-order valence-corrected chi connectivity index (χ2v) is 3.79. The first-order chi connectivity index (χ1) is 5.14. The summed E-state index contributed by atoms with van der Waals surface area (Å²) in [6, 6.07) is 0.208. The lowest BCUT2D eigenvalue weighted by atomic mass is 9.74. The van der Waals surface area contributed by atoms with Gasteiger partial charge in [-0.1, -0.05) is 0 Å². The lowest BCUT2D eigenvalue weighted by Crippen LogP contribution is -2.68. The Balaban J connectivity index is 2.12. The molecule has 0 amide bonds. The lowest BCUT2D eigenvalue weighted by molar-refractivity contribution is -0.257. The van der Waals surface area contributed by atoms with E-state index in [0.717, 1.165) is 12.8 Å². The normalized spacial score (nSPS) is 55.4. The van der Waals surface area contributed by atoms with Gasteiger partial charge in [-0.3, -0.25) is 0 Å². The van der Waals surface area contributed by atoms with E-state index in [1.165, 1.54) is 0 Å². The zero-order valence-electron chi connectivity index (χ0n) is 7.00. The van der Waals surface area contributed by atoms with Gasteiger partial charge in [0, 0.05) is 12.5 Å². The Morgan fingerprint density at radius 3 is 2.55 bits per heavy atom. The Kier molecular flexibility index (Phi) is 1.50. The van der Waals surface area contributed by atoms with Gasteiger partial charge >= 0.3 is 0 Å². The Morgan fingerprint density at radius 2 is 2.18 bits per heavy atom. The van der Waals surface area contributed by atoms with Gasteiger partial charge in [-0.25, -0.2) is 0 Å². The highest BCUT2D eigenvalue weighted by atomic mass is 16.5. The van der Waals surface area contributed by atoms with E-state index in [1.54, 1.807) is 0 Å². The third-order valence-corrected chi connectivity index (χ3v) is 3.04. The Bertz CT molecular complexity index is 163. The maximum absolute atomic E-state index is 9.95. The Labute approximate surface area is 66.7 Å². The summed E-state index contributed by atoms with van der Waals surface area (Å²) in [6.45, 7) is 1.86. The molecular formula is C8H15NO2. The molecule has 0 aromatic carbocycles. The Hall–Kier alpha value is -0.120. The number of hydrogen-bond donors (Lipinski definition) is 2. The number of hydrogen-bond acceptors (Lipinski definition) is 3. The minimum absolute atomic E-state index is 0.0682. The molecule has 3 aliphatic rings. The predicted molar refractivity (Wildman–Crippen MR) is 41.4 cm³/mol. The fourth-order valence-electron chi connectivity index (χ4n) is 2.12. The van der Waals surface area contributed by atoms with E-state index >= 15 is 0 Å². The van der Waals surface area contributed by atoms with Crippen LogP contribution in [0.1, 0.15) is 19.8 Å². The van der Waals surface area contributed by atoms with Gasteiger partial charge in [-0.2, -0.15) is 0 Å². The molecule has 0 radical (unpaired) electrons. The van der Waals surface area contributed by atoms with Gasteiger partial charge in [0.05, 0.1) is 12.2 Å². The van der Waals surface area contributed by atoms with Gasteiger partial charge < -0.3 is 15.2 Å². The minimum Gasteiger partial charge on any atom is -0.386 e. The number of nitrogens with one attached hydrogen (secondary N) is 1. The van der Waals surface area contributed by atoms with Gasteiger partial charge in [-0.15, -0.1) is 0 Å². The second kappa shape index (κ2) is 2.19. The van der Waals surface area contributed by atoms with E-state index in [1.807, 2.05) is 14.0 Å². The summed E-state index contributed by atoms with van der Waals surface area (Å²) in [6.07, 6.45) is 2.45. The van der Waals surface area contributed by atoms with Crippen LogP contribution in [0.5, 0.6) is 0 Å². The van der Waals surface area contributed by atoms with E-state index in [2.05, 4.69) is 5.32 Å². The summed E-state index contributed by atoms with van der Waals surface area (Å²) >= 11 is 0. The van der Waals surface area contributed by atoms with Gasteiger partial charge in [0.1, 0.15) is 5.60 Å². The molecule has 1 saturated carbocycles. The first kappa shape index (κ1) is 7.53. The van der Waals surface area contributed by atoms with Crippen LogP contribution in [0.4, 0.5) is 0 Å². The van der Waals surface area contributed by atoms with E-state index < -0.39 is 5.60 Å². The van der Waals surface area contributed by atoms with Crippen LogP contribution in [-0.2, 0) is 4.74 Å². The molecule has 0 aromatic heterocycles. The van der Waals surface area contributed by atoms with Gasteiger partial charge in [0.25, 0.3) is 0 Å². The maximum Gasteiger partial charge on any atom is 0.103 e. The van der Waals surface area contributed by atoms with Crippen molar-refractivity contribution < 1.29 is 9.84 Å². The van der Waals surface area contributed by atoms with E-state index in [9.17, 15) is 5.11 Å². The summed E-state index contributed by atoms with van der Waals surface area (Å²) in [5, 5.41) is 13.1. The molecule has 1 aliphatic carbocycles. The van der Waals surface area contributed by atoms with Crippen molar-refractivity contribution in [1.29, 1.82) is 0 Å². The first-order valence-electron chi connectivity index (χ1n) is 4.19. The van der Waals surface area contributed by atoms with Gasteiger partial charge in [0.15, 0.2) is 0 Å². The molecular weight excluding hydrogens is 142 g/mol. The highest BCUT2D eigenvalue weighted by Crippen LogP contribution is 2.41. The summed E-state index contributed by atoms with van der Waals surface area (Å²) in [4.78, 5) is 0. The second-order valence-electron chi connectivity index (χ2n) is 3.79. The molecule has 3 nitrogen and oxygen atoms in total. The van der Waals surface area contributed by atoms with E-state index in [-0.39, 0.29) is 12.1 Å². The monoisotopic (exact) mass is 157 g/mol. The highest BCUT2D eigenvalue weighted by molar-refractivity contribution is 5.06. The molecule has 2 bridgehead atoms. The lowest BCUT2D eigenvalue weighted by Gasteiger charge is -2.54. The molecule has 2 aliphatic heterocycles. The van der Waals surface area contributed by atoms with Gasteiger partial charge in [-0.05, 0) is 20.4 Å². The zero-order valence-corrected chi connectivity index (χ0v) is 7.00. The van der Waals surface area contributed by atoms with Crippen LogP contribution in [0.2, 0.25) is 0 Å². The van der Waals surface area contributed by atoms with Crippen LogP contribution in [0, 0.1) is 0 Å². The number of aliphatic hydroxyl groups is 1. The van der Waals surface area contributed by atoms with Gasteiger partial charge in [0.2, 0.25) is 0 Å². The van der Waals surface area contributed by atoms with Crippen LogP contribution in [0.3, 0.4) is 0 Å². The highest BCUT2D eigenvalue weighted by Gasteiger charge is 2.53. The van der Waals surface area contributed by atoms with Crippen molar-refractivity contribution in [2.24, 2.45) is 0 Å². The van der Waals surface area contributed by atoms with Crippen LogP contribution in [-0.4, -0.2) is 36.0 Å². The molecule has 4 atom stereocenters. The smallest absolute Gasteiger partial charge is 0.103 e. The van der Waals surface area contributed by atoms with Crippen molar-refractivity contribution in [1.82, 2.24) is 5.32 Å². The molecule has 3 fully saturated rings. The van der Waals surface area contributed by atoms with Crippen molar-refractivity contribution in [3.63, 3.8) is 0 Å². The van der Waals surface area contributed by atoms with Crippen LogP contribution in [0.15, 0.2) is 0 Å². The fraction of sp³-hybridized carbons (Fsp3) is 1.00. The fourth-order valence-corrected chi connectivity index (χ4v) is 2.12. The average molecular weight is 157 g/mol. The molecule has 2 N–H and O–H groups in total. The molecule has 0 aromatic rings. The largest absolute Gasteiger partial charge is 0.386 e. The molecule has 0 spiro atoms. The predicted octanol–water partition coefficient (Wildman–Crippen LogP) is -0.113. The average Bonchev–Trinajstić information content (AvgIpc) is 1.83. The molecule has 2 heterocycles. The molecule has 64 valence electrons. The quantitative estimate of drug-likeness (QED) is 0.558. The number of ether oxygens (including phenoxy) is 1. The summed E-state index contributed by atoms with van der Waals surface area (Å²) in [7, 11) is 1.89. The third-order valence-electron chi connectivity index (χ3n) is 3.04. The summed E-state index contributed by atoms with van der Waals surface area (Å²) < 4.78 is 5.43. The Morgan fingerprint density at radius 1 is 1.55 bits per heavy atom. The summed E-state index contributed by atoms with van der Waals surface area (Å²) in [5.41, 5.74) is -0.663. The zero-order chi connectivity index (χ0) is 8.06. The number of likely N-dealkylation sites (N-methyl/N-ethyl adjacent to an activating group) is 1. The van der Waals surface area contributed by atoms with Crippen molar-refractivity contribution in [2.75, 3.05) is 7.05 Å². The number of fused-ring (bicyclic) bond motifs is 2. The SMILES string of the molecule is CNC1C[C@@H]2C[C@@H](O2)C1(C)O.